The molecule has 0 bridgehead atoms. The lowest BCUT2D eigenvalue weighted by atomic mass is 10.1. The Labute approximate surface area is 94.5 Å². The number of hydrogen-bond acceptors (Lipinski definition) is 3. The summed E-state index contributed by atoms with van der Waals surface area (Å²) >= 11 is 5.94. The van der Waals surface area contributed by atoms with Gasteiger partial charge in [0.2, 0.25) is 10.0 Å². The van der Waals surface area contributed by atoms with E-state index in [0.717, 1.165) is 6.26 Å². The lowest BCUT2D eigenvalue weighted by Crippen LogP contribution is -2.32. The molecule has 0 heterocycles. The molecule has 0 aliphatic heterocycles. The van der Waals surface area contributed by atoms with Gasteiger partial charge in [0.15, 0.2) is 0 Å². The summed E-state index contributed by atoms with van der Waals surface area (Å²) in [6, 6.07) is 6.53. The Morgan fingerprint density at radius 3 is 2.53 bits per heavy atom. The van der Waals surface area contributed by atoms with Crippen molar-refractivity contribution in [1.82, 2.24) is 4.72 Å². The fourth-order valence-corrected chi connectivity index (χ4v) is 2.26. The maximum absolute atomic E-state index is 11.1. The molecule has 3 N–H and O–H groups in total. The van der Waals surface area contributed by atoms with Gasteiger partial charge < -0.3 is 5.73 Å². The highest BCUT2D eigenvalue weighted by Crippen LogP contribution is 2.22. The molecule has 0 amide bonds. The molecule has 0 saturated carbocycles. The van der Waals surface area contributed by atoms with Crippen LogP contribution in [0.2, 0.25) is 5.02 Å². The van der Waals surface area contributed by atoms with Crippen LogP contribution >= 0.6 is 11.6 Å². The average Bonchev–Trinajstić information content (AvgIpc) is 2.14. The smallest absolute Gasteiger partial charge is 0.209 e. The molecule has 1 aromatic rings. The Morgan fingerprint density at radius 2 is 2.07 bits per heavy atom. The van der Waals surface area contributed by atoms with Crippen LogP contribution in [0, 0.1) is 0 Å². The van der Waals surface area contributed by atoms with Gasteiger partial charge in [0.1, 0.15) is 0 Å². The molecule has 1 rings (SSSR count). The Bertz CT molecular complexity index is 433. The maximum atomic E-state index is 11.1. The monoisotopic (exact) mass is 248 g/mol. The van der Waals surface area contributed by atoms with Gasteiger partial charge in [-0.2, -0.15) is 0 Å². The topological polar surface area (TPSA) is 72.2 Å². The summed E-state index contributed by atoms with van der Waals surface area (Å²) in [5.41, 5.74) is 6.18. The molecular formula is C9H13ClN2O2S. The Kier molecular flexibility index (Phi) is 4.10. The average molecular weight is 249 g/mol. The second-order valence-electron chi connectivity index (χ2n) is 3.20. The van der Waals surface area contributed by atoms with Gasteiger partial charge in [-0.05, 0) is 11.6 Å². The third-order valence-corrected chi connectivity index (χ3v) is 2.93. The highest BCUT2D eigenvalue weighted by molar-refractivity contribution is 7.88. The molecule has 6 heteroatoms. The van der Waals surface area contributed by atoms with Gasteiger partial charge in [0, 0.05) is 11.6 Å². The lowest BCUT2D eigenvalue weighted by molar-refractivity contribution is 0.564. The largest absolute Gasteiger partial charge is 0.329 e. The molecule has 0 saturated heterocycles. The fourth-order valence-electron chi connectivity index (χ4n) is 1.25. The molecule has 15 heavy (non-hydrogen) atoms. The van der Waals surface area contributed by atoms with Crippen LogP contribution in [0.25, 0.3) is 0 Å². The number of nitrogens with one attached hydrogen (secondary N) is 1. The van der Waals surface area contributed by atoms with Crippen LogP contribution in [-0.2, 0) is 10.0 Å². The number of halogens is 1. The van der Waals surface area contributed by atoms with E-state index in [4.69, 9.17) is 17.3 Å². The minimum atomic E-state index is -3.29. The molecule has 84 valence electrons. The zero-order valence-electron chi connectivity index (χ0n) is 8.27. The van der Waals surface area contributed by atoms with Crippen molar-refractivity contribution in [2.45, 2.75) is 6.04 Å². The van der Waals surface area contributed by atoms with Crippen molar-refractivity contribution >= 4 is 21.6 Å². The first kappa shape index (κ1) is 12.4. The molecule has 0 aliphatic rings. The number of sulfonamides is 1. The van der Waals surface area contributed by atoms with E-state index in [2.05, 4.69) is 4.72 Å². The molecule has 0 fully saturated rings. The van der Waals surface area contributed by atoms with E-state index >= 15 is 0 Å². The Balaban J connectivity index is 2.98. The molecule has 4 nitrogen and oxygen atoms in total. The zero-order valence-corrected chi connectivity index (χ0v) is 9.85. The summed E-state index contributed by atoms with van der Waals surface area (Å²) in [6.07, 6.45) is 1.09. The van der Waals surface area contributed by atoms with Crippen molar-refractivity contribution in [3.63, 3.8) is 0 Å². The summed E-state index contributed by atoms with van der Waals surface area (Å²) in [6.45, 7) is 0.163. The van der Waals surface area contributed by atoms with E-state index < -0.39 is 16.1 Å². The van der Waals surface area contributed by atoms with Gasteiger partial charge >= 0.3 is 0 Å². The molecule has 0 spiro atoms. The minimum absolute atomic E-state index is 0.163. The van der Waals surface area contributed by atoms with Crippen LogP contribution < -0.4 is 10.5 Å². The third-order valence-electron chi connectivity index (χ3n) is 1.87. The highest BCUT2D eigenvalue weighted by Gasteiger charge is 2.16. The summed E-state index contributed by atoms with van der Waals surface area (Å²) < 4.78 is 24.6. The molecule has 0 aliphatic carbocycles. The quantitative estimate of drug-likeness (QED) is 0.831. The molecule has 0 aromatic heterocycles. The van der Waals surface area contributed by atoms with E-state index in [1.807, 2.05) is 0 Å². The summed E-state index contributed by atoms with van der Waals surface area (Å²) in [5, 5.41) is 0.504. The van der Waals surface area contributed by atoms with Crippen LogP contribution in [0.3, 0.4) is 0 Å². The van der Waals surface area contributed by atoms with Crippen LogP contribution in [-0.4, -0.2) is 21.2 Å². The third kappa shape index (κ3) is 3.79. The predicted octanol–water partition coefficient (Wildman–Crippen LogP) is 0.889. The van der Waals surface area contributed by atoms with E-state index in [0.29, 0.717) is 10.6 Å². The van der Waals surface area contributed by atoms with Crippen molar-refractivity contribution in [3.8, 4) is 0 Å². The van der Waals surface area contributed by atoms with Gasteiger partial charge in [-0.25, -0.2) is 13.1 Å². The first-order valence-electron chi connectivity index (χ1n) is 4.36. The summed E-state index contributed by atoms with van der Waals surface area (Å²) in [5.74, 6) is 0. The van der Waals surface area contributed by atoms with E-state index in [1.54, 1.807) is 24.3 Å². The van der Waals surface area contributed by atoms with Crippen LogP contribution in [0.1, 0.15) is 11.6 Å². The number of nitrogens with two attached hydrogens (primary N) is 1. The predicted molar refractivity (Wildman–Crippen MR) is 61.2 cm³/mol. The van der Waals surface area contributed by atoms with Gasteiger partial charge in [0.25, 0.3) is 0 Å². The number of benzene rings is 1. The molecule has 1 aromatic carbocycles. The second kappa shape index (κ2) is 4.94. The van der Waals surface area contributed by atoms with Crippen molar-refractivity contribution in [3.05, 3.63) is 34.9 Å². The SMILES string of the molecule is CS(=O)(=O)NC(CN)c1ccccc1Cl. The Morgan fingerprint density at radius 1 is 1.47 bits per heavy atom. The zero-order chi connectivity index (χ0) is 11.5. The van der Waals surface area contributed by atoms with Crippen molar-refractivity contribution < 1.29 is 8.42 Å². The van der Waals surface area contributed by atoms with E-state index in [9.17, 15) is 8.42 Å². The highest BCUT2D eigenvalue weighted by atomic mass is 35.5. The van der Waals surface area contributed by atoms with Crippen molar-refractivity contribution in [1.29, 1.82) is 0 Å². The molecular weight excluding hydrogens is 236 g/mol. The van der Waals surface area contributed by atoms with Gasteiger partial charge in [-0.1, -0.05) is 29.8 Å². The van der Waals surface area contributed by atoms with Crippen LogP contribution in [0.4, 0.5) is 0 Å². The second-order valence-corrected chi connectivity index (χ2v) is 5.39. The van der Waals surface area contributed by atoms with Crippen molar-refractivity contribution in [2.75, 3.05) is 12.8 Å². The van der Waals surface area contributed by atoms with Gasteiger partial charge in [-0.3, -0.25) is 0 Å². The standard InChI is InChI=1S/C9H13ClN2O2S/c1-15(13,14)12-9(6-11)7-4-2-3-5-8(7)10/h2-5,9,12H,6,11H2,1H3. The van der Waals surface area contributed by atoms with Gasteiger partial charge in [0.05, 0.1) is 12.3 Å². The van der Waals surface area contributed by atoms with Crippen LogP contribution in [0.5, 0.6) is 0 Å². The Hall–Kier alpha value is -0.620. The minimum Gasteiger partial charge on any atom is -0.329 e. The molecule has 1 unspecified atom stereocenters. The van der Waals surface area contributed by atoms with Gasteiger partial charge in [-0.15, -0.1) is 0 Å². The van der Waals surface area contributed by atoms with Crippen LogP contribution in [0.15, 0.2) is 24.3 Å². The normalized spacial score (nSPS) is 13.8. The van der Waals surface area contributed by atoms with Crippen molar-refractivity contribution in [2.24, 2.45) is 5.73 Å². The number of rotatable bonds is 4. The first-order valence-corrected chi connectivity index (χ1v) is 6.63. The first-order chi connectivity index (χ1) is 6.94. The lowest BCUT2D eigenvalue weighted by Gasteiger charge is -2.16. The number of hydrogen-bond donors (Lipinski definition) is 2. The maximum Gasteiger partial charge on any atom is 0.209 e. The molecule has 1 atom stereocenters. The summed E-state index contributed by atoms with van der Waals surface area (Å²) in [4.78, 5) is 0. The van der Waals surface area contributed by atoms with E-state index in [1.165, 1.54) is 0 Å². The fraction of sp³-hybridized carbons (Fsp3) is 0.333. The molecule has 0 radical (unpaired) electrons. The summed E-state index contributed by atoms with van der Waals surface area (Å²) in [7, 11) is -3.29. The van der Waals surface area contributed by atoms with E-state index in [-0.39, 0.29) is 6.54 Å².